The van der Waals surface area contributed by atoms with E-state index in [0.29, 0.717) is 11.3 Å². The minimum atomic E-state index is -5.13. The van der Waals surface area contributed by atoms with Crippen LogP contribution >= 0.6 is 11.6 Å². The van der Waals surface area contributed by atoms with E-state index < -0.39 is 24.2 Å². The van der Waals surface area contributed by atoms with Gasteiger partial charge in [-0.25, -0.2) is 0 Å². The molecule has 28 heavy (non-hydrogen) atoms. The Kier molecular flexibility index (Phi) is 5.12. The summed E-state index contributed by atoms with van der Waals surface area (Å²) in [5.74, 6) is -0.746. The number of hydrazone groups is 1. The van der Waals surface area contributed by atoms with E-state index in [4.69, 9.17) is 16.3 Å². The molecule has 0 bridgehead atoms. The Morgan fingerprint density at radius 3 is 2.61 bits per heavy atom. The van der Waals surface area contributed by atoms with Crippen LogP contribution in [0.15, 0.2) is 47.6 Å². The van der Waals surface area contributed by atoms with Crippen molar-refractivity contribution in [2.75, 3.05) is 7.11 Å². The molecule has 1 N–H and O–H groups in total. The molecule has 0 saturated carbocycles. The van der Waals surface area contributed by atoms with Crippen LogP contribution in [0.4, 0.5) is 13.2 Å². The Balaban J connectivity index is 2.08. The predicted octanol–water partition coefficient (Wildman–Crippen LogP) is 4.16. The summed E-state index contributed by atoms with van der Waals surface area (Å²) in [7, 11) is 1.41. The Bertz CT molecular complexity index is 962. The third-order valence-corrected chi connectivity index (χ3v) is 4.70. The van der Waals surface area contributed by atoms with Crippen LogP contribution in [-0.4, -0.2) is 40.7 Å². The van der Waals surface area contributed by atoms with Crippen LogP contribution in [0.2, 0.25) is 5.02 Å². The van der Waals surface area contributed by atoms with Crippen LogP contribution in [0, 0.1) is 6.92 Å². The predicted molar refractivity (Wildman–Crippen MR) is 97.5 cm³/mol. The minimum Gasteiger partial charge on any atom is -0.497 e. The summed E-state index contributed by atoms with van der Waals surface area (Å²) in [6, 6.07) is 10.5. The number of nitrogens with zero attached hydrogens (tertiary/aromatic N) is 2. The average molecular weight is 413 g/mol. The summed E-state index contributed by atoms with van der Waals surface area (Å²) in [5, 5.41) is 14.2. The zero-order valence-corrected chi connectivity index (χ0v) is 15.7. The molecule has 0 spiro atoms. The number of carbonyl (C=O) groups excluding carboxylic acids is 1. The highest BCUT2D eigenvalue weighted by Crippen LogP contribution is 2.42. The van der Waals surface area contributed by atoms with Gasteiger partial charge in [0, 0.05) is 5.56 Å². The normalized spacial score (nSPS) is 19.5. The van der Waals surface area contributed by atoms with Crippen molar-refractivity contribution in [3.63, 3.8) is 0 Å². The number of halogens is 4. The highest BCUT2D eigenvalue weighted by Gasteiger charge is 2.63. The lowest BCUT2D eigenvalue weighted by atomic mass is 10.00. The van der Waals surface area contributed by atoms with Crippen molar-refractivity contribution in [2.45, 2.75) is 25.2 Å². The van der Waals surface area contributed by atoms with Crippen LogP contribution < -0.4 is 4.74 Å². The van der Waals surface area contributed by atoms with Crippen molar-refractivity contribution in [2.24, 2.45) is 5.10 Å². The van der Waals surface area contributed by atoms with Crippen LogP contribution in [0.25, 0.3) is 0 Å². The van der Waals surface area contributed by atoms with E-state index in [1.54, 1.807) is 19.1 Å². The topological polar surface area (TPSA) is 62.1 Å². The van der Waals surface area contributed by atoms with E-state index in [1.165, 1.54) is 37.4 Å². The Hall–Kier alpha value is -2.58. The van der Waals surface area contributed by atoms with Crippen LogP contribution in [0.5, 0.6) is 5.75 Å². The van der Waals surface area contributed by atoms with Gasteiger partial charge in [-0.15, -0.1) is 0 Å². The molecule has 148 valence electrons. The van der Waals surface area contributed by atoms with Gasteiger partial charge in [0.15, 0.2) is 0 Å². The number of aryl methyl sites for hydroxylation is 1. The fourth-order valence-corrected chi connectivity index (χ4v) is 3.17. The molecule has 0 aliphatic carbocycles. The van der Waals surface area contributed by atoms with Crippen molar-refractivity contribution in [3.8, 4) is 5.75 Å². The van der Waals surface area contributed by atoms with Crippen LogP contribution in [0.1, 0.15) is 27.9 Å². The molecule has 1 atom stereocenters. The highest BCUT2D eigenvalue weighted by molar-refractivity contribution is 6.34. The van der Waals surface area contributed by atoms with Gasteiger partial charge in [-0.3, -0.25) is 4.79 Å². The van der Waals surface area contributed by atoms with E-state index >= 15 is 0 Å². The van der Waals surface area contributed by atoms with Gasteiger partial charge in [-0.1, -0.05) is 29.8 Å². The molecule has 0 fully saturated rings. The third-order valence-electron chi connectivity index (χ3n) is 4.39. The molecule has 1 aliphatic rings. The number of amides is 1. The zero-order valence-electron chi connectivity index (χ0n) is 14.9. The van der Waals surface area contributed by atoms with Gasteiger partial charge in [-0.05, 0) is 36.8 Å². The molecular weight excluding hydrogens is 397 g/mol. The SMILES string of the molecule is COc1cccc(C2=NN(C(=O)c3ccc(C)cc3Cl)[C@](O)(C(F)(F)F)C2)c1. The van der Waals surface area contributed by atoms with E-state index in [0.717, 1.165) is 5.56 Å². The van der Waals surface area contributed by atoms with Crippen molar-refractivity contribution in [1.29, 1.82) is 0 Å². The smallest absolute Gasteiger partial charge is 0.438 e. The third kappa shape index (κ3) is 3.45. The lowest BCUT2D eigenvalue weighted by Gasteiger charge is -2.32. The van der Waals surface area contributed by atoms with Gasteiger partial charge in [0.2, 0.25) is 0 Å². The van der Waals surface area contributed by atoms with Gasteiger partial charge >= 0.3 is 6.18 Å². The van der Waals surface area contributed by atoms with Crippen molar-refractivity contribution < 1.29 is 27.8 Å². The molecule has 0 unspecified atom stereocenters. The summed E-state index contributed by atoms with van der Waals surface area (Å²) < 4.78 is 46.2. The quantitative estimate of drug-likeness (QED) is 0.823. The summed E-state index contributed by atoms with van der Waals surface area (Å²) >= 11 is 6.03. The van der Waals surface area contributed by atoms with E-state index in [9.17, 15) is 23.1 Å². The molecular formula is C19H16ClF3N2O3. The first-order chi connectivity index (χ1) is 13.1. The molecule has 0 aromatic heterocycles. The van der Waals surface area contributed by atoms with Gasteiger partial charge in [0.1, 0.15) is 5.75 Å². The molecule has 0 saturated heterocycles. The number of alkyl halides is 3. The molecule has 1 amide bonds. The van der Waals surface area contributed by atoms with Gasteiger partial charge < -0.3 is 9.84 Å². The lowest BCUT2D eigenvalue weighted by molar-refractivity contribution is -0.297. The molecule has 5 nitrogen and oxygen atoms in total. The standard InChI is InChI=1S/C19H16ClF3N2O3/c1-11-6-7-14(15(20)8-11)17(26)25-18(27,19(21,22)23)10-16(24-25)12-4-3-5-13(9-12)28-2/h3-9,27H,10H2,1-2H3/t18-/m1/s1. The summed E-state index contributed by atoms with van der Waals surface area (Å²) in [5.41, 5.74) is -2.75. The first-order valence-corrected chi connectivity index (χ1v) is 8.56. The number of carbonyl (C=O) groups is 1. The van der Waals surface area contributed by atoms with Gasteiger partial charge in [0.25, 0.3) is 11.6 Å². The highest BCUT2D eigenvalue weighted by atomic mass is 35.5. The van der Waals surface area contributed by atoms with Crippen molar-refractivity contribution >= 4 is 23.2 Å². The number of aliphatic hydroxyl groups is 1. The first kappa shape index (κ1) is 20.2. The number of methoxy groups -OCH3 is 1. The fraction of sp³-hybridized carbons (Fsp3) is 0.263. The summed E-state index contributed by atoms with van der Waals surface area (Å²) in [4.78, 5) is 12.8. The van der Waals surface area contributed by atoms with Crippen molar-refractivity contribution in [1.82, 2.24) is 5.01 Å². The second-order valence-corrected chi connectivity index (χ2v) is 6.78. The zero-order chi connectivity index (χ0) is 20.7. The second kappa shape index (κ2) is 7.10. The summed E-state index contributed by atoms with van der Waals surface area (Å²) in [6.07, 6.45) is -6.05. The second-order valence-electron chi connectivity index (χ2n) is 6.37. The maximum atomic E-state index is 13.7. The number of ether oxygens (including phenoxy) is 1. The number of benzene rings is 2. The number of hydrogen-bond donors (Lipinski definition) is 1. The Labute approximate surface area is 164 Å². The molecule has 2 aromatic rings. The number of rotatable bonds is 3. The van der Waals surface area contributed by atoms with Crippen LogP contribution in [-0.2, 0) is 0 Å². The minimum absolute atomic E-state index is 0.0282. The largest absolute Gasteiger partial charge is 0.497 e. The molecule has 1 aliphatic heterocycles. The van der Waals surface area contributed by atoms with E-state index in [-0.39, 0.29) is 21.3 Å². The van der Waals surface area contributed by atoms with Gasteiger partial charge in [0.05, 0.1) is 29.8 Å². The Morgan fingerprint density at radius 1 is 1.29 bits per heavy atom. The average Bonchev–Trinajstić information content (AvgIpc) is 3.00. The number of hydrogen-bond acceptors (Lipinski definition) is 4. The maximum absolute atomic E-state index is 13.7. The molecule has 1 heterocycles. The molecule has 9 heteroatoms. The van der Waals surface area contributed by atoms with E-state index in [1.807, 2.05) is 0 Å². The first-order valence-electron chi connectivity index (χ1n) is 8.18. The summed E-state index contributed by atoms with van der Waals surface area (Å²) in [6.45, 7) is 1.72. The molecule has 0 radical (unpaired) electrons. The molecule has 3 rings (SSSR count). The maximum Gasteiger partial charge on any atom is 0.438 e. The fourth-order valence-electron chi connectivity index (χ4n) is 2.85. The van der Waals surface area contributed by atoms with E-state index in [2.05, 4.69) is 5.10 Å². The monoisotopic (exact) mass is 412 g/mol. The van der Waals surface area contributed by atoms with Gasteiger partial charge in [-0.2, -0.15) is 23.3 Å². The lowest BCUT2D eigenvalue weighted by Crippen LogP contribution is -2.56. The Morgan fingerprint density at radius 2 is 2.00 bits per heavy atom. The van der Waals surface area contributed by atoms with Crippen molar-refractivity contribution in [3.05, 3.63) is 64.2 Å². The van der Waals surface area contributed by atoms with Crippen LogP contribution in [0.3, 0.4) is 0 Å². The molecule has 2 aromatic carbocycles.